The van der Waals surface area contributed by atoms with Crippen molar-refractivity contribution in [2.24, 2.45) is 11.7 Å². The molecule has 1 atom stereocenters. The minimum atomic E-state index is -0.762. The van der Waals surface area contributed by atoms with Gasteiger partial charge in [0.15, 0.2) is 0 Å². The molecular weight excluding hydrogens is 401 g/mol. The summed E-state index contributed by atoms with van der Waals surface area (Å²) in [6.45, 7) is 1.54. The van der Waals surface area contributed by atoms with Gasteiger partial charge in [0.1, 0.15) is 18.3 Å². The van der Waals surface area contributed by atoms with Gasteiger partial charge in [-0.15, -0.1) is 0 Å². The maximum absolute atomic E-state index is 13.2. The van der Waals surface area contributed by atoms with Crippen LogP contribution in [0.15, 0.2) is 36.4 Å². The van der Waals surface area contributed by atoms with E-state index in [0.717, 1.165) is 5.56 Å². The van der Waals surface area contributed by atoms with E-state index in [2.05, 4.69) is 0 Å². The van der Waals surface area contributed by atoms with Gasteiger partial charge in [0, 0.05) is 18.1 Å². The molecule has 2 aliphatic rings. The van der Waals surface area contributed by atoms with Crippen LogP contribution in [0.2, 0.25) is 10.0 Å². The van der Waals surface area contributed by atoms with E-state index in [9.17, 15) is 9.59 Å². The maximum Gasteiger partial charge on any atom is 0.239 e. The van der Waals surface area contributed by atoms with E-state index in [0.29, 0.717) is 59.8 Å². The number of nitrogens with two attached hydrogens (primary N) is 1. The van der Waals surface area contributed by atoms with Crippen LogP contribution < -0.4 is 20.3 Å². The zero-order chi connectivity index (χ0) is 19.8. The molecule has 2 N–H and O–H groups in total. The van der Waals surface area contributed by atoms with Crippen molar-refractivity contribution < 1.29 is 14.3 Å². The molecule has 6 nitrogen and oxygen atoms in total. The number of anilines is 2. The molecular formula is C20H19Cl2N3O3. The van der Waals surface area contributed by atoms with Crippen molar-refractivity contribution in [1.82, 2.24) is 0 Å². The Balaban J connectivity index is 1.60. The number of carbonyl (C=O) groups excluding carboxylic acids is 2. The molecule has 0 aromatic heterocycles. The summed E-state index contributed by atoms with van der Waals surface area (Å²) in [7, 11) is 0. The van der Waals surface area contributed by atoms with Crippen LogP contribution >= 0.6 is 23.2 Å². The normalized spacial score (nSPS) is 18.8. The van der Waals surface area contributed by atoms with Gasteiger partial charge < -0.3 is 20.3 Å². The number of halogens is 2. The second kappa shape index (κ2) is 7.62. The van der Waals surface area contributed by atoms with Gasteiger partial charge in [-0.2, -0.15) is 0 Å². The molecule has 2 aromatic rings. The highest BCUT2D eigenvalue weighted by atomic mass is 35.5. The number of benzene rings is 2. The fourth-order valence-corrected chi connectivity index (χ4v) is 4.03. The highest BCUT2D eigenvalue weighted by Crippen LogP contribution is 2.37. The second-order valence-corrected chi connectivity index (χ2v) is 7.62. The van der Waals surface area contributed by atoms with Crippen LogP contribution in [0.3, 0.4) is 0 Å². The first-order valence-corrected chi connectivity index (χ1v) is 9.79. The summed E-state index contributed by atoms with van der Waals surface area (Å²) in [5.74, 6) is -0.638. The summed E-state index contributed by atoms with van der Waals surface area (Å²) >= 11 is 12.3. The van der Waals surface area contributed by atoms with Gasteiger partial charge in [-0.1, -0.05) is 29.3 Å². The molecule has 2 amide bonds. The first-order valence-electron chi connectivity index (χ1n) is 9.03. The summed E-state index contributed by atoms with van der Waals surface area (Å²) in [4.78, 5) is 29.4. The zero-order valence-electron chi connectivity index (χ0n) is 15.0. The molecule has 2 aromatic carbocycles. The van der Waals surface area contributed by atoms with Crippen molar-refractivity contribution in [2.45, 2.75) is 13.0 Å². The Labute approximate surface area is 172 Å². The van der Waals surface area contributed by atoms with Crippen LogP contribution in [-0.2, 0) is 16.1 Å². The molecule has 2 heterocycles. The molecule has 1 fully saturated rings. The molecule has 0 radical (unpaired) electrons. The summed E-state index contributed by atoms with van der Waals surface area (Å²) < 4.78 is 5.65. The smallest absolute Gasteiger partial charge is 0.239 e. The lowest BCUT2D eigenvalue weighted by molar-refractivity contribution is -0.130. The van der Waals surface area contributed by atoms with Crippen LogP contribution in [0.1, 0.15) is 12.0 Å². The highest BCUT2D eigenvalue weighted by molar-refractivity contribution is 6.36. The number of rotatable bonds is 3. The third-order valence-electron chi connectivity index (χ3n) is 5.09. The Morgan fingerprint density at radius 2 is 1.96 bits per heavy atom. The number of fused-ring (bicyclic) bond motifs is 1. The van der Waals surface area contributed by atoms with E-state index in [4.69, 9.17) is 33.7 Å². The van der Waals surface area contributed by atoms with Gasteiger partial charge in [0.05, 0.1) is 22.9 Å². The fourth-order valence-electron chi connectivity index (χ4n) is 3.65. The Hall–Kier alpha value is -2.28. The minimum absolute atomic E-state index is 0.232. The number of ether oxygens (including phenoxy) is 1. The molecule has 0 aliphatic carbocycles. The Kier molecular flexibility index (Phi) is 5.19. The summed E-state index contributed by atoms with van der Waals surface area (Å²) in [6, 6.07) is 10.5. The lowest BCUT2D eigenvalue weighted by Gasteiger charge is -2.31. The van der Waals surface area contributed by atoms with Crippen molar-refractivity contribution >= 4 is 46.4 Å². The quantitative estimate of drug-likeness (QED) is 0.774. The van der Waals surface area contributed by atoms with E-state index in [1.165, 1.54) is 4.90 Å². The molecule has 1 unspecified atom stereocenters. The van der Waals surface area contributed by atoms with Crippen molar-refractivity contribution in [3.8, 4) is 5.75 Å². The third-order valence-corrected chi connectivity index (χ3v) is 5.65. The first kappa shape index (κ1) is 19.1. The van der Waals surface area contributed by atoms with E-state index in [1.807, 2.05) is 18.2 Å². The van der Waals surface area contributed by atoms with E-state index < -0.39 is 5.92 Å². The van der Waals surface area contributed by atoms with Crippen LogP contribution in [0, 0.1) is 5.92 Å². The van der Waals surface area contributed by atoms with Crippen LogP contribution in [0.25, 0.3) is 0 Å². The number of hydrogen-bond acceptors (Lipinski definition) is 4. The lowest BCUT2D eigenvalue weighted by atomic mass is 10.0. The predicted molar refractivity (Wildman–Crippen MR) is 109 cm³/mol. The van der Waals surface area contributed by atoms with Gasteiger partial charge in [-0.3, -0.25) is 9.59 Å². The maximum atomic E-state index is 13.2. The monoisotopic (exact) mass is 419 g/mol. The average molecular weight is 420 g/mol. The van der Waals surface area contributed by atoms with Crippen LogP contribution in [0.5, 0.6) is 5.75 Å². The fraction of sp³-hybridized carbons (Fsp3) is 0.300. The minimum Gasteiger partial charge on any atom is -0.490 e. The molecule has 1 saturated heterocycles. The molecule has 8 heteroatoms. The molecule has 0 spiro atoms. The van der Waals surface area contributed by atoms with Crippen LogP contribution in [-0.4, -0.2) is 31.5 Å². The average Bonchev–Trinajstić information content (AvgIpc) is 3.09. The van der Waals surface area contributed by atoms with E-state index >= 15 is 0 Å². The summed E-state index contributed by atoms with van der Waals surface area (Å²) in [5, 5.41) is 0.911. The molecule has 2 aliphatic heterocycles. The first-order chi connectivity index (χ1) is 13.5. The van der Waals surface area contributed by atoms with Crippen molar-refractivity contribution in [2.75, 3.05) is 29.5 Å². The molecule has 0 saturated carbocycles. The Morgan fingerprint density at radius 3 is 2.75 bits per heavy atom. The van der Waals surface area contributed by atoms with Gasteiger partial charge in [0.2, 0.25) is 11.8 Å². The Morgan fingerprint density at radius 1 is 1.14 bits per heavy atom. The second-order valence-electron chi connectivity index (χ2n) is 6.77. The summed E-state index contributed by atoms with van der Waals surface area (Å²) in [5.41, 5.74) is 7.81. The number of hydrogen-bond donors (Lipinski definition) is 1. The predicted octanol–water partition coefficient (Wildman–Crippen LogP) is 3.23. The van der Waals surface area contributed by atoms with Crippen molar-refractivity contribution in [3.63, 3.8) is 0 Å². The molecule has 4 rings (SSSR count). The van der Waals surface area contributed by atoms with Crippen LogP contribution in [0.4, 0.5) is 11.4 Å². The van der Waals surface area contributed by atoms with Crippen molar-refractivity contribution in [3.05, 3.63) is 52.0 Å². The number of nitrogens with zero attached hydrogens (tertiary/aromatic N) is 2. The number of carbonyl (C=O) groups is 2. The van der Waals surface area contributed by atoms with Crippen molar-refractivity contribution in [1.29, 1.82) is 0 Å². The van der Waals surface area contributed by atoms with Gasteiger partial charge in [-0.25, -0.2) is 0 Å². The Bertz CT molecular complexity index is 950. The zero-order valence-corrected chi connectivity index (χ0v) is 16.5. The van der Waals surface area contributed by atoms with Gasteiger partial charge in [-0.05, 0) is 42.3 Å². The summed E-state index contributed by atoms with van der Waals surface area (Å²) in [6.07, 6.45) is 0.420. The van der Waals surface area contributed by atoms with E-state index in [1.54, 1.807) is 23.1 Å². The SMILES string of the molecule is NCc1ccc2c(c1)N(C(=O)C1CCN(c3cc(Cl)ccc3Cl)C1=O)CCO2. The number of amides is 2. The largest absolute Gasteiger partial charge is 0.490 e. The topological polar surface area (TPSA) is 75.9 Å². The lowest BCUT2D eigenvalue weighted by Crippen LogP contribution is -2.44. The molecule has 28 heavy (non-hydrogen) atoms. The molecule has 0 bridgehead atoms. The van der Waals surface area contributed by atoms with Gasteiger partial charge in [0.25, 0.3) is 0 Å². The standard InChI is InChI=1S/C20H19Cl2N3O3/c21-13-2-3-15(22)16(10-13)24-6-5-14(19(24)26)20(27)25-7-8-28-18-4-1-12(11-23)9-17(18)25/h1-4,9-10,14H,5-8,11,23H2. The third kappa shape index (κ3) is 3.32. The van der Waals surface area contributed by atoms with Gasteiger partial charge >= 0.3 is 0 Å². The highest BCUT2D eigenvalue weighted by Gasteiger charge is 2.41. The van der Waals surface area contributed by atoms with E-state index in [-0.39, 0.29) is 11.8 Å². The molecule has 146 valence electrons.